The lowest BCUT2D eigenvalue weighted by atomic mass is 9.74. The van der Waals surface area contributed by atoms with Gasteiger partial charge in [-0.1, -0.05) is 7.43 Å². The molecule has 1 N–H and O–H groups in total. The zero-order valence-electron chi connectivity index (χ0n) is 16.1. The Kier molecular flexibility index (Phi) is 5.45. The number of hydrogen-bond donors (Lipinski definition) is 1. The van der Waals surface area contributed by atoms with Crippen molar-refractivity contribution in [3.05, 3.63) is 23.5 Å². The summed E-state index contributed by atoms with van der Waals surface area (Å²) in [7, 11) is -0.497. The van der Waals surface area contributed by atoms with Crippen molar-refractivity contribution in [2.75, 3.05) is 13.1 Å². The first-order chi connectivity index (χ1) is 12.2. The van der Waals surface area contributed by atoms with Crippen molar-refractivity contribution >= 4 is 35.4 Å². The van der Waals surface area contributed by atoms with E-state index in [1.165, 1.54) is 12.8 Å². The number of hydrogen-bond acceptors (Lipinski definition) is 4. The summed E-state index contributed by atoms with van der Waals surface area (Å²) in [5.41, 5.74) is 1.46. The van der Waals surface area contributed by atoms with E-state index in [2.05, 4.69) is 9.29 Å². The zero-order valence-corrected chi connectivity index (χ0v) is 16.9. The molecule has 2 saturated heterocycles. The van der Waals surface area contributed by atoms with Crippen LogP contribution in [0, 0.1) is 12.7 Å². The molecule has 148 valence electrons. The molecule has 0 spiro atoms. The molecule has 0 unspecified atom stereocenters. The number of aromatic nitrogens is 1. The standard InChI is InChI=1S/C19H26BFN2O2S.CH4/c1-12-10-14(21)17-13(11-15(22-17)26-23-8-6-7-9-23)16(12)20-24-18(2,3)19(4,5)25-20;/h10-11,22H,6-9H2,1-5H3;1H4. The largest absolute Gasteiger partial charge is 0.495 e. The summed E-state index contributed by atoms with van der Waals surface area (Å²) in [6.45, 7) is 12.2. The lowest BCUT2D eigenvalue weighted by molar-refractivity contribution is 0.00578. The lowest BCUT2D eigenvalue weighted by Gasteiger charge is -2.32. The molecule has 1 aromatic heterocycles. The molecule has 2 aliphatic rings. The van der Waals surface area contributed by atoms with Crippen molar-refractivity contribution in [3.63, 3.8) is 0 Å². The average Bonchev–Trinajstić information content (AvgIpc) is 3.20. The van der Waals surface area contributed by atoms with Gasteiger partial charge in [-0.25, -0.2) is 8.70 Å². The Morgan fingerprint density at radius 3 is 2.30 bits per heavy atom. The third kappa shape index (κ3) is 3.55. The number of nitrogens with zero attached hydrogens (tertiary/aromatic N) is 1. The van der Waals surface area contributed by atoms with Gasteiger partial charge in [-0.05, 0) is 82.6 Å². The van der Waals surface area contributed by atoms with Gasteiger partial charge in [0.15, 0.2) is 0 Å². The van der Waals surface area contributed by atoms with E-state index >= 15 is 0 Å². The fourth-order valence-corrected chi connectivity index (χ4v) is 4.66. The molecule has 0 aliphatic carbocycles. The fraction of sp³-hybridized carbons (Fsp3) is 0.600. The number of rotatable bonds is 3. The predicted molar refractivity (Wildman–Crippen MR) is 112 cm³/mol. The summed E-state index contributed by atoms with van der Waals surface area (Å²) >= 11 is 1.67. The summed E-state index contributed by atoms with van der Waals surface area (Å²) < 4.78 is 29.4. The second-order valence-corrected chi connectivity index (χ2v) is 9.47. The number of H-pyrrole nitrogens is 1. The van der Waals surface area contributed by atoms with Crippen molar-refractivity contribution in [2.24, 2.45) is 0 Å². The van der Waals surface area contributed by atoms with Crippen LogP contribution in [0.3, 0.4) is 0 Å². The van der Waals surface area contributed by atoms with Crippen LogP contribution in [-0.4, -0.2) is 40.7 Å². The highest BCUT2D eigenvalue weighted by Gasteiger charge is 2.52. The first kappa shape index (κ1) is 20.7. The van der Waals surface area contributed by atoms with Gasteiger partial charge in [0.05, 0.1) is 21.7 Å². The Labute approximate surface area is 166 Å². The van der Waals surface area contributed by atoms with Gasteiger partial charge >= 0.3 is 7.12 Å². The summed E-state index contributed by atoms with van der Waals surface area (Å²) in [5, 5.41) is 1.81. The maximum atomic E-state index is 14.6. The first-order valence-corrected chi connectivity index (χ1v) is 10.1. The molecule has 0 bridgehead atoms. The number of aryl methyl sites for hydroxylation is 1. The highest BCUT2D eigenvalue weighted by molar-refractivity contribution is 7.97. The summed E-state index contributed by atoms with van der Waals surface area (Å²) in [4.78, 5) is 3.26. The first-order valence-electron chi connectivity index (χ1n) is 9.28. The van der Waals surface area contributed by atoms with Gasteiger partial charge in [0.2, 0.25) is 0 Å². The predicted octanol–water partition coefficient (Wildman–Crippen LogP) is 4.65. The molecule has 0 atom stereocenters. The average molecular weight is 392 g/mol. The van der Waals surface area contributed by atoms with Crippen LogP contribution >= 0.6 is 11.9 Å². The van der Waals surface area contributed by atoms with Crippen LogP contribution in [0.5, 0.6) is 0 Å². The molecule has 4 nitrogen and oxygen atoms in total. The van der Waals surface area contributed by atoms with Crippen LogP contribution in [0.15, 0.2) is 17.2 Å². The monoisotopic (exact) mass is 392 g/mol. The Bertz CT molecular complexity index is 830. The minimum atomic E-state index is -0.497. The highest BCUT2D eigenvalue weighted by atomic mass is 32.2. The molecule has 2 aromatic rings. The van der Waals surface area contributed by atoms with Gasteiger partial charge < -0.3 is 14.3 Å². The Balaban J connectivity index is 0.00000210. The maximum absolute atomic E-state index is 14.6. The molecule has 7 heteroatoms. The SMILES string of the molecule is C.Cc1cc(F)c2[nH]c(SN3CCCC3)cc2c1B1OC(C)(C)C(C)(C)O1. The van der Waals surface area contributed by atoms with Crippen molar-refractivity contribution in [2.45, 2.75) is 71.1 Å². The van der Waals surface area contributed by atoms with E-state index in [1.54, 1.807) is 18.0 Å². The minimum Gasteiger partial charge on any atom is -0.399 e. The van der Waals surface area contributed by atoms with E-state index in [0.717, 1.165) is 34.5 Å². The number of fused-ring (bicyclic) bond motifs is 1. The quantitative estimate of drug-likeness (QED) is 0.609. The number of aromatic amines is 1. The fourth-order valence-electron chi connectivity index (χ4n) is 3.62. The summed E-state index contributed by atoms with van der Waals surface area (Å²) in [6.07, 6.45) is 2.44. The summed E-state index contributed by atoms with van der Waals surface area (Å²) in [6, 6.07) is 3.61. The third-order valence-corrected chi connectivity index (χ3v) is 6.91. The van der Waals surface area contributed by atoms with Crippen LogP contribution < -0.4 is 5.46 Å². The molecule has 0 radical (unpaired) electrons. The van der Waals surface area contributed by atoms with Gasteiger partial charge in [-0.15, -0.1) is 0 Å². The van der Waals surface area contributed by atoms with Crippen LogP contribution in [-0.2, 0) is 9.31 Å². The molecule has 1 aromatic carbocycles. The smallest absolute Gasteiger partial charge is 0.399 e. The van der Waals surface area contributed by atoms with Gasteiger partial charge in [-0.3, -0.25) is 0 Å². The van der Waals surface area contributed by atoms with Gasteiger partial charge in [-0.2, -0.15) is 0 Å². The van der Waals surface area contributed by atoms with Gasteiger partial charge in [0.1, 0.15) is 5.82 Å². The molecular weight excluding hydrogens is 362 g/mol. The van der Waals surface area contributed by atoms with E-state index in [-0.39, 0.29) is 13.2 Å². The van der Waals surface area contributed by atoms with Crippen LogP contribution in [0.2, 0.25) is 0 Å². The maximum Gasteiger partial charge on any atom is 0.495 e. The second kappa shape index (κ2) is 7.10. The van der Waals surface area contributed by atoms with E-state index in [4.69, 9.17) is 9.31 Å². The molecule has 2 aliphatic heterocycles. The van der Waals surface area contributed by atoms with Gasteiger partial charge in [0.25, 0.3) is 0 Å². The Hall–Kier alpha value is -1.02. The minimum absolute atomic E-state index is 0. The topological polar surface area (TPSA) is 37.5 Å². The van der Waals surface area contributed by atoms with Crippen molar-refractivity contribution in [1.82, 2.24) is 9.29 Å². The van der Waals surface area contributed by atoms with Crippen LogP contribution in [0.4, 0.5) is 4.39 Å². The zero-order chi connectivity index (χ0) is 18.7. The van der Waals surface area contributed by atoms with Gasteiger partial charge in [0, 0.05) is 18.5 Å². The second-order valence-electron chi connectivity index (χ2n) is 8.33. The van der Waals surface area contributed by atoms with E-state index in [9.17, 15) is 4.39 Å². The highest BCUT2D eigenvalue weighted by Crippen LogP contribution is 2.38. The molecule has 0 saturated carbocycles. The molecule has 27 heavy (non-hydrogen) atoms. The molecule has 4 rings (SSSR count). The molecule has 3 heterocycles. The Morgan fingerprint density at radius 2 is 1.70 bits per heavy atom. The number of halogens is 1. The van der Waals surface area contributed by atoms with Crippen molar-refractivity contribution in [1.29, 1.82) is 0 Å². The molecule has 2 fully saturated rings. The van der Waals surface area contributed by atoms with Crippen LogP contribution in [0.1, 0.15) is 53.5 Å². The molecular formula is C20H30BFN2O2S. The third-order valence-electron chi connectivity index (χ3n) is 5.87. The van der Waals surface area contributed by atoms with E-state index in [0.29, 0.717) is 5.52 Å². The van der Waals surface area contributed by atoms with E-state index in [1.807, 2.05) is 40.7 Å². The number of benzene rings is 1. The van der Waals surface area contributed by atoms with E-state index < -0.39 is 18.3 Å². The molecule has 0 amide bonds. The lowest BCUT2D eigenvalue weighted by Crippen LogP contribution is -2.41. The van der Waals surface area contributed by atoms with Crippen molar-refractivity contribution in [3.8, 4) is 0 Å². The number of nitrogens with one attached hydrogen (secondary N) is 1. The van der Waals surface area contributed by atoms with Crippen LogP contribution in [0.25, 0.3) is 10.9 Å². The van der Waals surface area contributed by atoms with Crippen molar-refractivity contribution < 1.29 is 13.7 Å². The Morgan fingerprint density at radius 1 is 1.11 bits per heavy atom. The normalized spacial score (nSPS) is 21.8. The summed E-state index contributed by atoms with van der Waals surface area (Å²) in [5.74, 6) is -0.231.